The van der Waals surface area contributed by atoms with E-state index in [-0.39, 0.29) is 11.3 Å². The highest BCUT2D eigenvalue weighted by Crippen LogP contribution is 2.27. The Morgan fingerprint density at radius 3 is 1.69 bits per heavy atom. The lowest BCUT2D eigenvalue weighted by Gasteiger charge is -2.26. The van der Waals surface area contributed by atoms with E-state index in [0.717, 1.165) is 0 Å². The van der Waals surface area contributed by atoms with Gasteiger partial charge in [0.15, 0.2) is 0 Å². The van der Waals surface area contributed by atoms with E-state index >= 15 is 0 Å². The third-order valence-corrected chi connectivity index (χ3v) is 3.42. The summed E-state index contributed by atoms with van der Waals surface area (Å²) in [5, 5.41) is -0.646. The molecule has 1 unspecified atom stereocenters. The molecule has 4 heteroatoms. The van der Waals surface area contributed by atoms with Crippen LogP contribution in [0.1, 0.15) is 41.0 Å². The maximum atomic E-state index is 11.0. The zero-order valence-corrected chi connectivity index (χ0v) is 9.85. The first-order valence-electron chi connectivity index (χ1n) is 4.50. The van der Waals surface area contributed by atoms with E-state index in [1.54, 1.807) is 0 Å². The largest absolute Gasteiger partial charge is 0.285 e. The molecule has 0 aromatic heterocycles. The average molecular weight is 208 g/mol. The highest BCUT2D eigenvalue weighted by Gasteiger charge is 2.30. The predicted octanol–water partition coefficient (Wildman–Crippen LogP) is 2.33. The van der Waals surface area contributed by atoms with Crippen molar-refractivity contribution in [2.24, 2.45) is 11.3 Å². The first kappa shape index (κ1) is 12.9. The Labute approximate surface area is 81.3 Å². The molecule has 0 aliphatic heterocycles. The fourth-order valence-electron chi connectivity index (χ4n) is 1.29. The minimum absolute atomic E-state index is 0.0470. The van der Waals surface area contributed by atoms with Crippen molar-refractivity contribution in [1.82, 2.24) is 0 Å². The van der Waals surface area contributed by atoms with Crippen molar-refractivity contribution in [3.8, 4) is 0 Å². The molecule has 1 N–H and O–H groups in total. The van der Waals surface area contributed by atoms with Gasteiger partial charge >= 0.3 is 0 Å². The Morgan fingerprint density at radius 2 is 1.62 bits per heavy atom. The van der Waals surface area contributed by atoms with Crippen molar-refractivity contribution in [3.05, 3.63) is 0 Å². The molecule has 3 nitrogen and oxygen atoms in total. The molecule has 0 aromatic carbocycles. The van der Waals surface area contributed by atoms with Gasteiger partial charge in [-0.25, -0.2) is 0 Å². The van der Waals surface area contributed by atoms with Crippen LogP contribution in [0.3, 0.4) is 0 Å². The second kappa shape index (κ2) is 3.96. The molecular formula is C9H20O3S. The Kier molecular flexibility index (Phi) is 3.94. The molecule has 0 radical (unpaired) electrons. The minimum Gasteiger partial charge on any atom is -0.285 e. The summed E-state index contributed by atoms with van der Waals surface area (Å²) in [7, 11) is -3.90. The maximum Gasteiger partial charge on any atom is 0.268 e. The van der Waals surface area contributed by atoms with Crippen LogP contribution in [0, 0.1) is 11.3 Å². The highest BCUT2D eigenvalue weighted by molar-refractivity contribution is 7.86. The number of hydrogen-bond acceptors (Lipinski definition) is 2. The fraction of sp³-hybridized carbons (Fsp3) is 1.00. The van der Waals surface area contributed by atoms with E-state index in [1.165, 1.54) is 0 Å². The van der Waals surface area contributed by atoms with Gasteiger partial charge in [-0.05, 0) is 17.8 Å². The van der Waals surface area contributed by atoms with Crippen molar-refractivity contribution in [3.63, 3.8) is 0 Å². The Hall–Kier alpha value is -0.0900. The van der Waals surface area contributed by atoms with Gasteiger partial charge in [-0.3, -0.25) is 4.55 Å². The van der Waals surface area contributed by atoms with E-state index in [4.69, 9.17) is 4.55 Å². The molecular weight excluding hydrogens is 188 g/mol. The molecule has 0 heterocycles. The molecule has 0 amide bonds. The number of rotatable bonds is 3. The van der Waals surface area contributed by atoms with Crippen LogP contribution >= 0.6 is 0 Å². The van der Waals surface area contributed by atoms with E-state index < -0.39 is 15.4 Å². The molecule has 0 spiro atoms. The van der Waals surface area contributed by atoms with E-state index in [0.29, 0.717) is 6.42 Å². The second-order valence-corrected chi connectivity index (χ2v) is 6.70. The Bertz CT molecular complexity index is 247. The predicted molar refractivity (Wildman–Crippen MR) is 54.2 cm³/mol. The van der Waals surface area contributed by atoms with Crippen LogP contribution in [0.25, 0.3) is 0 Å². The Balaban J connectivity index is 4.67. The van der Waals surface area contributed by atoms with E-state index in [9.17, 15) is 8.42 Å². The summed E-state index contributed by atoms with van der Waals surface area (Å²) in [4.78, 5) is 0. The molecule has 0 aliphatic carbocycles. The van der Waals surface area contributed by atoms with Gasteiger partial charge in [0.1, 0.15) is 0 Å². The molecule has 0 fully saturated rings. The normalized spacial score (nSPS) is 16.2. The van der Waals surface area contributed by atoms with Gasteiger partial charge in [-0.2, -0.15) is 8.42 Å². The zero-order valence-electron chi connectivity index (χ0n) is 9.03. The first-order chi connectivity index (χ1) is 5.54. The maximum absolute atomic E-state index is 11.0. The third-order valence-electron chi connectivity index (χ3n) is 1.94. The molecule has 80 valence electrons. The SMILES string of the molecule is CC(C)C(CC(C)(C)C)S(=O)(=O)O. The lowest BCUT2D eigenvalue weighted by molar-refractivity contribution is 0.323. The molecule has 0 saturated carbocycles. The molecule has 0 aromatic rings. The van der Waals surface area contributed by atoms with Gasteiger partial charge < -0.3 is 0 Å². The van der Waals surface area contributed by atoms with Crippen LogP contribution in [-0.2, 0) is 10.1 Å². The van der Waals surface area contributed by atoms with Gasteiger partial charge in [0.2, 0.25) is 0 Å². The smallest absolute Gasteiger partial charge is 0.268 e. The topological polar surface area (TPSA) is 54.4 Å². The van der Waals surface area contributed by atoms with Crippen LogP contribution in [0.2, 0.25) is 0 Å². The van der Waals surface area contributed by atoms with Gasteiger partial charge in [-0.1, -0.05) is 34.6 Å². The van der Waals surface area contributed by atoms with Crippen molar-refractivity contribution >= 4 is 10.1 Å². The summed E-state index contributed by atoms with van der Waals surface area (Å²) < 4.78 is 31.0. The highest BCUT2D eigenvalue weighted by atomic mass is 32.2. The summed E-state index contributed by atoms with van der Waals surface area (Å²) in [6.45, 7) is 9.52. The van der Waals surface area contributed by atoms with E-state index in [1.807, 2.05) is 34.6 Å². The quantitative estimate of drug-likeness (QED) is 0.724. The third kappa shape index (κ3) is 5.26. The zero-order chi connectivity index (χ0) is 10.9. The molecule has 0 rings (SSSR count). The average Bonchev–Trinajstić information content (AvgIpc) is 1.77. The summed E-state index contributed by atoms with van der Waals surface area (Å²) >= 11 is 0. The van der Waals surface area contributed by atoms with Gasteiger partial charge in [0.05, 0.1) is 5.25 Å². The monoisotopic (exact) mass is 208 g/mol. The summed E-state index contributed by atoms with van der Waals surface area (Å²) in [6.07, 6.45) is 0.490. The van der Waals surface area contributed by atoms with Crippen LogP contribution in [0.15, 0.2) is 0 Å². The van der Waals surface area contributed by atoms with E-state index in [2.05, 4.69) is 0 Å². The van der Waals surface area contributed by atoms with Crippen LogP contribution < -0.4 is 0 Å². The molecule has 0 aliphatic rings. The van der Waals surface area contributed by atoms with Crippen molar-refractivity contribution < 1.29 is 13.0 Å². The fourth-order valence-corrected chi connectivity index (χ4v) is 2.69. The summed E-state index contributed by atoms with van der Waals surface area (Å²) in [6, 6.07) is 0. The standard InChI is InChI=1S/C9H20O3S/c1-7(2)8(13(10,11)12)6-9(3,4)5/h7-8H,6H2,1-5H3,(H,10,11,12). The second-order valence-electron chi connectivity index (χ2n) is 5.06. The molecule has 0 bridgehead atoms. The lowest BCUT2D eigenvalue weighted by atomic mass is 9.87. The van der Waals surface area contributed by atoms with Gasteiger partial charge in [0.25, 0.3) is 10.1 Å². The molecule has 13 heavy (non-hydrogen) atoms. The Morgan fingerprint density at radius 1 is 1.23 bits per heavy atom. The first-order valence-corrected chi connectivity index (χ1v) is 6.00. The lowest BCUT2D eigenvalue weighted by Crippen LogP contribution is -2.30. The summed E-state index contributed by atoms with van der Waals surface area (Å²) in [5.74, 6) is -0.0470. The molecule has 0 saturated heterocycles. The van der Waals surface area contributed by atoms with Crippen LogP contribution in [0.5, 0.6) is 0 Å². The summed E-state index contributed by atoms with van der Waals surface area (Å²) in [5.41, 5.74) is -0.0786. The number of hydrogen-bond donors (Lipinski definition) is 1. The van der Waals surface area contributed by atoms with Crippen molar-refractivity contribution in [2.45, 2.75) is 46.3 Å². The van der Waals surface area contributed by atoms with Crippen molar-refractivity contribution in [1.29, 1.82) is 0 Å². The van der Waals surface area contributed by atoms with Gasteiger partial charge in [0, 0.05) is 0 Å². The van der Waals surface area contributed by atoms with Crippen LogP contribution in [0.4, 0.5) is 0 Å². The van der Waals surface area contributed by atoms with Crippen LogP contribution in [-0.4, -0.2) is 18.2 Å². The minimum atomic E-state index is -3.90. The van der Waals surface area contributed by atoms with Crippen molar-refractivity contribution in [2.75, 3.05) is 0 Å². The molecule has 1 atom stereocenters. The van der Waals surface area contributed by atoms with Gasteiger partial charge in [-0.15, -0.1) is 0 Å².